The lowest BCUT2D eigenvalue weighted by Gasteiger charge is -2.25. The van der Waals surface area contributed by atoms with Crippen LogP contribution in [-0.2, 0) is 19.8 Å². The Morgan fingerprint density at radius 2 is 1.69 bits per heavy atom. The van der Waals surface area contributed by atoms with E-state index in [1.807, 2.05) is 44.2 Å². The van der Waals surface area contributed by atoms with E-state index in [-0.39, 0.29) is 23.8 Å². The summed E-state index contributed by atoms with van der Waals surface area (Å²) >= 11 is 0. The minimum absolute atomic E-state index is 0.145. The Kier molecular flexibility index (Phi) is 8.29. The van der Waals surface area contributed by atoms with Crippen LogP contribution in [0.2, 0.25) is 0 Å². The van der Waals surface area contributed by atoms with Crippen molar-refractivity contribution in [1.82, 2.24) is 10.6 Å². The summed E-state index contributed by atoms with van der Waals surface area (Å²) in [6.07, 6.45) is 1.29. The summed E-state index contributed by atoms with van der Waals surface area (Å²) in [6.45, 7) is 7.71. The van der Waals surface area contributed by atoms with Gasteiger partial charge in [-0.3, -0.25) is 9.59 Å². The van der Waals surface area contributed by atoms with Crippen molar-refractivity contribution in [3.63, 3.8) is 0 Å². The predicted molar refractivity (Wildman–Crippen MR) is 101 cm³/mol. The molecule has 0 aliphatic heterocycles. The van der Waals surface area contributed by atoms with E-state index in [1.54, 1.807) is 0 Å². The maximum Gasteiger partial charge on any atom is 0.326 e. The monoisotopic (exact) mass is 362 g/mol. The number of carboxylic acid groups (broad SMARTS) is 1. The van der Waals surface area contributed by atoms with Gasteiger partial charge in [0, 0.05) is 6.42 Å². The highest BCUT2D eigenvalue weighted by atomic mass is 16.4. The smallest absolute Gasteiger partial charge is 0.326 e. The summed E-state index contributed by atoms with van der Waals surface area (Å²) in [6, 6.07) is 9.03. The fraction of sp³-hybridized carbons (Fsp3) is 0.550. The van der Waals surface area contributed by atoms with E-state index < -0.39 is 17.9 Å². The van der Waals surface area contributed by atoms with Gasteiger partial charge in [0.15, 0.2) is 0 Å². The van der Waals surface area contributed by atoms with E-state index >= 15 is 0 Å². The molecule has 144 valence electrons. The SMILES string of the molecule is CC(C)C[C@H](NC(=O)CNC(=O)CCC(C)(C)c1ccccc1)C(=O)O. The molecule has 0 spiro atoms. The van der Waals surface area contributed by atoms with Crippen LogP contribution in [0.4, 0.5) is 0 Å². The molecule has 1 rings (SSSR count). The molecule has 1 atom stereocenters. The maximum absolute atomic E-state index is 12.0. The molecule has 0 fully saturated rings. The van der Waals surface area contributed by atoms with Gasteiger partial charge in [0.1, 0.15) is 6.04 Å². The second kappa shape index (κ2) is 9.94. The van der Waals surface area contributed by atoms with Crippen LogP contribution in [-0.4, -0.2) is 35.5 Å². The van der Waals surface area contributed by atoms with Crippen molar-refractivity contribution in [2.75, 3.05) is 6.54 Å². The highest BCUT2D eigenvalue weighted by molar-refractivity contribution is 5.87. The zero-order valence-corrected chi connectivity index (χ0v) is 16.0. The molecule has 0 aliphatic rings. The molecular formula is C20H30N2O4. The van der Waals surface area contributed by atoms with Crippen LogP contribution in [0, 0.1) is 5.92 Å². The molecule has 0 bridgehead atoms. The summed E-state index contributed by atoms with van der Waals surface area (Å²) in [7, 11) is 0. The molecule has 0 aromatic heterocycles. The second-order valence-corrected chi connectivity index (χ2v) is 7.61. The van der Waals surface area contributed by atoms with E-state index in [9.17, 15) is 14.4 Å². The Morgan fingerprint density at radius 1 is 1.08 bits per heavy atom. The molecule has 0 heterocycles. The van der Waals surface area contributed by atoms with Gasteiger partial charge < -0.3 is 15.7 Å². The van der Waals surface area contributed by atoms with Gasteiger partial charge in [-0.2, -0.15) is 0 Å². The number of carboxylic acids is 1. The molecule has 0 radical (unpaired) electrons. The van der Waals surface area contributed by atoms with Crippen molar-refractivity contribution in [3.8, 4) is 0 Å². The minimum atomic E-state index is -1.07. The molecule has 0 saturated carbocycles. The molecule has 6 heteroatoms. The topological polar surface area (TPSA) is 95.5 Å². The molecule has 0 aliphatic carbocycles. The summed E-state index contributed by atoms with van der Waals surface area (Å²) < 4.78 is 0. The standard InChI is InChI=1S/C20H30N2O4/c1-14(2)12-16(19(25)26)22-18(24)13-21-17(23)10-11-20(3,4)15-8-6-5-7-9-15/h5-9,14,16H,10-13H2,1-4H3,(H,21,23)(H,22,24)(H,25,26)/t16-/m0/s1. The lowest BCUT2D eigenvalue weighted by atomic mass is 9.80. The Balaban J connectivity index is 2.41. The third-order valence-electron chi connectivity index (χ3n) is 4.32. The van der Waals surface area contributed by atoms with E-state index in [4.69, 9.17) is 5.11 Å². The van der Waals surface area contributed by atoms with Gasteiger partial charge in [-0.1, -0.05) is 58.0 Å². The highest BCUT2D eigenvalue weighted by Gasteiger charge is 2.23. The second-order valence-electron chi connectivity index (χ2n) is 7.61. The van der Waals surface area contributed by atoms with Crippen LogP contribution in [0.15, 0.2) is 30.3 Å². The normalized spacial score (nSPS) is 12.5. The average Bonchev–Trinajstić information content (AvgIpc) is 2.58. The summed E-state index contributed by atoms with van der Waals surface area (Å²) in [5.74, 6) is -1.64. The molecule has 2 amide bonds. The third kappa shape index (κ3) is 7.68. The Hall–Kier alpha value is -2.37. The van der Waals surface area contributed by atoms with Crippen molar-refractivity contribution in [2.24, 2.45) is 5.92 Å². The van der Waals surface area contributed by atoms with Crippen LogP contribution >= 0.6 is 0 Å². The van der Waals surface area contributed by atoms with Crippen molar-refractivity contribution in [2.45, 2.75) is 58.4 Å². The molecule has 3 N–H and O–H groups in total. The van der Waals surface area contributed by atoms with E-state index in [1.165, 1.54) is 0 Å². The zero-order valence-electron chi connectivity index (χ0n) is 16.0. The van der Waals surface area contributed by atoms with Crippen LogP contribution in [0.25, 0.3) is 0 Å². The number of amides is 2. The molecule has 0 saturated heterocycles. The summed E-state index contributed by atoms with van der Waals surface area (Å²) in [5, 5.41) is 14.1. The van der Waals surface area contributed by atoms with Gasteiger partial charge in [0.25, 0.3) is 0 Å². The first kappa shape index (κ1) is 21.7. The van der Waals surface area contributed by atoms with Gasteiger partial charge in [-0.25, -0.2) is 4.79 Å². The number of carbonyl (C=O) groups is 3. The van der Waals surface area contributed by atoms with Gasteiger partial charge >= 0.3 is 5.97 Å². The molecular weight excluding hydrogens is 332 g/mol. The average molecular weight is 362 g/mol. The van der Waals surface area contributed by atoms with Crippen molar-refractivity contribution >= 4 is 17.8 Å². The molecule has 1 aromatic rings. The Bertz CT molecular complexity index is 611. The van der Waals surface area contributed by atoms with Crippen LogP contribution in [0.5, 0.6) is 0 Å². The number of hydrogen-bond donors (Lipinski definition) is 3. The molecule has 6 nitrogen and oxygen atoms in total. The van der Waals surface area contributed by atoms with Crippen LogP contribution < -0.4 is 10.6 Å². The van der Waals surface area contributed by atoms with Gasteiger partial charge in [0.2, 0.25) is 11.8 Å². The van der Waals surface area contributed by atoms with E-state index in [0.29, 0.717) is 19.3 Å². The number of carbonyl (C=O) groups excluding carboxylic acids is 2. The third-order valence-corrected chi connectivity index (χ3v) is 4.32. The maximum atomic E-state index is 12.0. The lowest BCUT2D eigenvalue weighted by Crippen LogP contribution is -2.46. The quantitative estimate of drug-likeness (QED) is 0.596. The largest absolute Gasteiger partial charge is 0.480 e. The van der Waals surface area contributed by atoms with Gasteiger partial charge in [-0.05, 0) is 29.7 Å². The van der Waals surface area contributed by atoms with Crippen LogP contribution in [0.3, 0.4) is 0 Å². The minimum Gasteiger partial charge on any atom is -0.480 e. The first-order chi connectivity index (χ1) is 12.1. The summed E-state index contributed by atoms with van der Waals surface area (Å²) in [4.78, 5) is 35.0. The van der Waals surface area contributed by atoms with E-state index in [2.05, 4.69) is 24.5 Å². The number of aliphatic carboxylic acids is 1. The van der Waals surface area contributed by atoms with Crippen molar-refractivity contribution in [1.29, 1.82) is 0 Å². The van der Waals surface area contributed by atoms with E-state index in [0.717, 1.165) is 5.56 Å². The van der Waals surface area contributed by atoms with Crippen LogP contribution in [0.1, 0.15) is 52.5 Å². The highest BCUT2D eigenvalue weighted by Crippen LogP contribution is 2.27. The number of rotatable bonds is 10. The van der Waals surface area contributed by atoms with Crippen molar-refractivity contribution < 1.29 is 19.5 Å². The van der Waals surface area contributed by atoms with Crippen molar-refractivity contribution in [3.05, 3.63) is 35.9 Å². The Morgan fingerprint density at radius 3 is 2.23 bits per heavy atom. The number of benzene rings is 1. The first-order valence-electron chi connectivity index (χ1n) is 8.96. The molecule has 0 unspecified atom stereocenters. The fourth-order valence-electron chi connectivity index (χ4n) is 2.67. The molecule has 1 aromatic carbocycles. The number of nitrogens with one attached hydrogen (secondary N) is 2. The van der Waals surface area contributed by atoms with Gasteiger partial charge in [0.05, 0.1) is 6.54 Å². The summed E-state index contributed by atoms with van der Waals surface area (Å²) in [5.41, 5.74) is 1.01. The number of hydrogen-bond acceptors (Lipinski definition) is 3. The lowest BCUT2D eigenvalue weighted by molar-refractivity contribution is -0.142. The predicted octanol–water partition coefficient (Wildman–Crippen LogP) is 2.48. The Labute approximate surface area is 155 Å². The van der Waals surface area contributed by atoms with Gasteiger partial charge in [-0.15, -0.1) is 0 Å². The fourth-order valence-corrected chi connectivity index (χ4v) is 2.67. The first-order valence-corrected chi connectivity index (χ1v) is 8.96. The zero-order chi connectivity index (χ0) is 19.7. The molecule has 26 heavy (non-hydrogen) atoms.